The van der Waals surface area contributed by atoms with E-state index >= 15 is 0 Å². The largest absolute Gasteiger partial charge is 0.416 e. The number of carbonyl (C=O) groups is 3. The highest BCUT2D eigenvalue weighted by molar-refractivity contribution is 9.10. The van der Waals surface area contributed by atoms with Gasteiger partial charge in [0.05, 0.1) is 23.2 Å². The lowest BCUT2D eigenvalue weighted by atomic mass is 10.2. The van der Waals surface area contributed by atoms with E-state index in [1.54, 1.807) is 24.3 Å². The number of alkyl halides is 3. The molecule has 0 unspecified atom stereocenters. The van der Waals surface area contributed by atoms with E-state index < -0.39 is 35.5 Å². The van der Waals surface area contributed by atoms with Crippen molar-refractivity contribution in [3.63, 3.8) is 0 Å². The van der Waals surface area contributed by atoms with Crippen LogP contribution in [0.1, 0.15) is 22.3 Å². The minimum absolute atomic E-state index is 0.175. The van der Waals surface area contributed by atoms with E-state index in [0.717, 1.165) is 18.2 Å². The summed E-state index contributed by atoms with van der Waals surface area (Å²) in [5.41, 5.74) is 3.98. The first-order valence-electron chi connectivity index (χ1n) is 8.03. The highest BCUT2D eigenvalue weighted by atomic mass is 79.9. The zero-order valence-electron chi connectivity index (χ0n) is 14.1. The van der Waals surface area contributed by atoms with Crippen LogP contribution in [0.25, 0.3) is 0 Å². The molecule has 3 amide bonds. The summed E-state index contributed by atoms with van der Waals surface area (Å²) in [4.78, 5) is 37.5. The van der Waals surface area contributed by atoms with Gasteiger partial charge >= 0.3 is 6.18 Å². The molecule has 1 aliphatic rings. The average Bonchev–Trinajstić information content (AvgIpc) is 2.93. The van der Waals surface area contributed by atoms with Gasteiger partial charge in [-0.25, -0.2) is 10.3 Å². The SMILES string of the molecule is O=C(NN[C@@H]1CC(=O)N(c2cccc(C(F)(F)F)c2)C1=O)c1ccccc1Br. The molecule has 1 fully saturated rings. The van der Waals surface area contributed by atoms with Crippen molar-refractivity contribution < 1.29 is 27.6 Å². The summed E-state index contributed by atoms with van der Waals surface area (Å²) in [5, 5.41) is 0. The van der Waals surface area contributed by atoms with Crippen LogP contribution in [0.5, 0.6) is 0 Å². The molecule has 0 aliphatic carbocycles. The van der Waals surface area contributed by atoms with Crippen molar-refractivity contribution in [1.29, 1.82) is 0 Å². The first-order chi connectivity index (χ1) is 13.2. The summed E-state index contributed by atoms with van der Waals surface area (Å²) in [6.45, 7) is 0. The first-order valence-corrected chi connectivity index (χ1v) is 8.82. The second-order valence-electron chi connectivity index (χ2n) is 5.95. The minimum Gasteiger partial charge on any atom is -0.287 e. The molecule has 1 saturated heterocycles. The molecule has 1 atom stereocenters. The number of imide groups is 1. The van der Waals surface area contributed by atoms with Gasteiger partial charge in [0.15, 0.2) is 0 Å². The summed E-state index contributed by atoms with van der Waals surface area (Å²) in [6, 6.07) is 9.45. The van der Waals surface area contributed by atoms with Gasteiger partial charge in [-0.2, -0.15) is 13.2 Å². The second kappa shape index (κ2) is 7.72. The van der Waals surface area contributed by atoms with E-state index in [2.05, 4.69) is 26.8 Å². The molecule has 6 nitrogen and oxygen atoms in total. The Hall–Kier alpha value is -2.72. The zero-order valence-corrected chi connectivity index (χ0v) is 15.7. The molecule has 28 heavy (non-hydrogen) atoms. The third-order valence-electron chi connectivity index (χ3n) is 4.06. The number of halogens is 4. The topological polar surface area (TPSA) is 78.5 Å². The maximum Gasteiger partial charge on any atom is 0.416 e. The molecule has 0 aromatic heterocycles. The average molecular weight is 456 g/mol. The lowest BCUT2D eigenvalue weighted by Crippen LogP contribution is -2.48. The highest BCUT2D eigenvalue weighted by Crippen LogP contribution is 2.33. The number of hydrogen-bond donors (Lipinski definition) is 2. The third-order valence-corrected chi connectivity index (χ3v) is 4.75. The summed E-state index contributed by atoms with van der Waals surface area (Å²) >= 11 is 3.22. The molecule has 2 N–H and O–H groups in total. The van der Waals surface area contributed by atoms with E-state index in [1.165, 1.54) is 6.07 Å². The van der Waals surface area contributed by atoms with Crippen LogP contribution < -0.4 is 15.8 Å². The molecule has 2 aromatic carbocycles. The van der Waals surface area contributed by atoms with Gasteiger partial charge < -0.3 is 0 Å². The lowest BCUT2D eigenvalue weighted by molar-refractivity contribution is -0.137. The Morgan fingerprint density at radius 3 is 2.50 bits per heavy atom. The molecule has 0 saturated carbocycles. The minimum atomic E-state index is -4.60. The van der Waals surface area contributed by atoms with E-state index in [0.29, 0.717) is 14.9 Å². The standard InChI is InChI=1S/C18H13BrF3N3O3/c19-13-7-2-1-6-12(13)16(27)24-23-14-9-15(26)25(17(14)28)11-5-3-4-10(8-11)18(20,21)22/h1-8,14,23H,9H2,(H,24,27)/t14-/m1/s1. The number of nitrogens with zero attached hydrogens (tertiary/aromatic N) is 1. The van der Waals surface area contributed by atoms with E-state index in [1.807, 2.05) is 0 Å². The molecular formula is C18H13BrF3N3O3. The molecule has 146 valence electrons. The maximum absolute atomic E-state index is 12.9. The fourth-order valence-electron chi connectivity index (χ4n) is 2.70. The first kappa shape index (κ1) is 20.0. The number of amides is 3. The van der Waals surface area contributed by atoms with Gasteiger partial charge in [-0.3, -0.25) is 19.8 Å². The number of carbonyl (C=O) groups excluding carboxylic acids is 3. The Kier molecular flexibility index (Phi) is 5.52. The van der Waals surface area contributed by atoms with Crippen LogP contribution in [0.3, 0.4) is 0 Å². The van der Waals surface area contributed by atoms with Gasteiger partial charge in [-0.15, -0.1) is 0 Å². The number of benzene rings is 2. The molecular weight excluding hydrogens is 443 g/mol. The number of nitrogens with one attached hydrogen (secondary N) is 2. The highest BCUT2D eigenvalue weighted by Gasteiger charge is 2.40. The van der Waals surface area contributed by atoms with Gasteiger partial charge in [-0.05, 0) is 46.3 Å². The molecule has 0 bridgehead atoms. The van der Waals surface area contributed by atoms with E-state index in [4.69, 9.17) is 0 Å². The Labute approximate surface area is 165 Å². The molecule has 2 aromatic rings. The number of rotatable bonds is 4. The molecule has 10 heteroatoms. The summed E-state index contributed by atoms with van der Waals surface area (Å²) in [6.07, 6.45) is -4.90. The van der Waals surface area contributed by atoms with Gasteiger partial charge in [0, 0.05) is 4.47 Å². The van der Waals surface area contributed by atoms with Gasteiger partial charge in [0.1, 0.15) is 6.04 Å². The normalized spacial score (nSPS) is 17.1. The second-order valence-corrected chi connectivity index (χ2v) is 6.80. The van der Waals surface area contributed by atoms with Crippen LogP contribution in [-0.4, -0.2) is 23.8 Å². The van der Waals surface area contributed by atoms with E-state index in [-0.39, 0.29) is 12.1 Å². The van der Waals surface area contributed by atoms with Crippen molar-refractivity contribution in [2.75, 3.05) is 4.90 Å². The third kappa shape index (κ3) is 4.07. The fraction of sp³-hybridized carbons (Fsp3) is 0.167. The zero-order chi connectivity index (χ0) is 20.5. The van der Waals surface area contributed by atoms with Crippen molar-refractivity contribution in [1.82, 2.24) is 10.9 Å². The molecule has 1 aliphatic heterocycles. The van der Waals surface area contributed by atoms with Crippen LogP contribution in [0, 0.1) is 0 Å². The maximum atomic E-state index is 12.9. The lowest BCUT2D eigenvalue weighted by Gasteiger charge is -2.17. The van der Waals surface area contributed by atoms with Crippen LogP contribution in [0.15, 0.2) is 53.0 Å². The molecule has 3 rings (SSSR count). The van der Waals surface area contributed by atoms with Crippen LogP contribution in [-0.2, 0) is 15.8 Å². The molecule has 1 heterocycles. The summed E-state index contributed by atoms with van der Waals surface area (Å²) in [5.74, 6) is -1.96. The van der Waals surface area contributed by atoms with Crippen LogP contribution in [0.2, 0.25) is 0 Å². The predicted octanol–water partition coefficient (Wildman–Crippen LogP) is 3.03. The van der Waals surface area contributed by atoms with Gasteiger partial charge in [-0.1, -0.05) is 18.2 Å². The van der Waals surface area contributed by atoms with Gasteiger partial charge in [0.2, 0.25) is 5.91 Å². The van der Waals surface area contributed by atoms with Crippen molar-refractivity contribution in [2.45, 2.75) is 18.6 Å². The summed E-state index contributed by atoms with van der Waals surface area (Å²) < 4.78 is 39.2. The van der Waals surface area contributed by atoms with Crippen LogP contribution >= 0.6 is 15.9 Å². The Morgan fingerprint density at radius 1 is 1.11 bits per heavy atom. The van der Waals surface area contributed by atoms with Crippen molar-refractivity contribution in [3.05, 3.63) is 64.1 Å². The monoisotopic (exact) mass is 455 g/mol. The quantitative estimate of drug-likeness (QED) is 0.548. The fourth-order valence-corrected chi connectivity index (χ4v) is 3.17. The smallest absolute Gasteiger partial charge is 0.287 e. The van der Waals surface area contributed by atoms with Gasteiger partial charge in [0.25, 0.3) is 11.8 Å². The Balaban J connectivity index is 1.72. The van der Waals surface area contributed by atoms with E-state index in [9.17, 15) is 27.6 Å². The predicted molar refractivity (Wildman–Crippen MR) is 97.1 cm³/mol. The Bertz CT molecular complexity index is 949. The molecule has 0 spiro atoms. The molecule has 0 radical (unpaired) electrons. The summed E-state index contributed by atoms with van der Waals surface area (Å²) in [7, 11) is 0. The Morgan fingerprint density at radius 2 is 1.82 bits per heavy atom. The number of hydrogen-bond acceptors (Lipinski definition) is 4. The van der Waals surface area contributed by atoms with Crippen LogP contribution in [0.4, 0.5) is 18.9 Å². The van der Waals surface area contributed by atoms with Crippen molar-refractivity contribution in [3.8, 4) is 0 Å². The van der Waals surface area contributed by atoms with Crippen molar-refractivity contribution >= 4 is 39.3 Å². The number of anilines is 1. The number of hydrazine groups is 1. The van der Waals surface area contributed by atoms with Crippen molar-refractivity contribution in [2.24, 2.45) is 0 Å².